The number of carbonyl (C=O) groups excluding carboxylic acids is 1. The molecule has 0 aromatic heterocycles. The molecule has 1 saturated heterocycles. The third-order valence-corrected chi connectivity index (χ3v) is 6.38. The first-order valence-electron chi connectivity index (χ1n) is 9.28. The number of benzene rings is 2. The Morgan fingerprint density at radius 3 is 2.54 bits per heavy atom. The van der Waals surface area contributed by atoms with Crippen molar-refractivity contribution in [2.45, 2.75) is 19.0 Å². The van der Waals surface area contributed by atoms with Crippen molar-refractivity contribution in [1.82, 2.24) is 10.2 Å². The van der Waals surface area contributed by atoms with Gasteiger partial charge in [-0.05, 0) is 43.8 Å². The van der Waals surface area contributed by atoms with Crippen LogP contribution in [0.4, 0.5) is 0 Å². The molecule has 0 radical (unpaired) electrons. The molecule has 0 unspecified atom stereocenters. The van der Waals surface area contributed by atoms with Crippen molar-refractivity contribution in [2.24, 2.45) is 0 Å². The average molecular weight is 403 g/mol. The zero-order valence-corrected chi connectivity index (χ0v) is 17.0. The lowest BCUT2D eigenvalue weighted by atomic mass is 10.0. The fraction of sp³-hybridized carbons (Fsp3) is 0.381. The molecular formula is C21H26N2O4S. The SMILES string of the molecule is CN(C)Cc1cc(-c2ccccc2)ccc1OCC(=O)N[C@@H]1CCS(=O)(=O)C1. The van der Waals surface area contributed by atoms with Crippen molar-refractivity contribution in [3.8, 4) is 16.9 Å². The fourth-order valence-electron chi connectivity index (χ4n) is 3.32. The number of carbonyl (C=O) groups is 1. The predicted molar refractivity (Wildman–Crippen MR) is 110 cm³/mol. The Morgan fingerprint density at radius 2 is 1.89 bits per heavy atom. The summed E-state index contributed by atoms with van der Waals surface area (Å²) in [6, 6.07) is 15.7. The normalized spacial score (nSPS) is 18.2. The lowest BCUT2D eigenvalue weighted by Crippen LogP contribution is -2.38. The molecule has 3 rings (SSSR count). The quantitative estimate of drug-likeness (QED) is 0.768. The minimum absolute atomic E-state index is 0.0103. The predicted octanol–water partition coefficient (Wildman–Crippen LogP) is 2.10. The Bertz CT molecular complexity index is 927. The Morgan fingerprint density at radius 1 is 1.14 bits per heavy atom. The summed E-state index contributed by atoms with van der Waals surface area (Å²) < 4.78 is 28.8. The molecule has 28 heavy (non-hydrogen) atoms. The fourth-order valence-corrected chi connectivity index (χ4v) is 4.99. The molecule has 150 valence electrons. The first kappa shape index (κ1) is 20.4. The second-order valence-electron chi connectivity index (χ2n) is 7.38. The van der Waals surface area contributed by atoms with Gasteiger partial charge in [-0.2, -0.15) is 0 Å². The van der Waals surface area contributed by atoms with E-state index in [0.29, 0.717) is 18.7 Å². The number of amides is 1. The Hall–Kier alpha value is -2.38. The first-order valence-corrected chi connectivity index (χ1v) is 11.1. The summed E-state index contributed by atoms with van der Waals surface area (Å²) in [5.41, 5.74) is 3.20. The second-order valence-corrected chi connectivity index (χ2v) is 9.61. The molecule has 1 aliphatic rings. The summed E-state index contributed by atoms with van der Waals surface area (Å²) in [5.74, 6) is 0.496. The highest BCUT2D eigenvalue weighted by Gasteiger charge is 2.28. The molecule has 1 aliphatic heterocycles. The third kappa shape index (κ3) is 5.56. The van der Waals surface area contributed by atoms with Crippen LogP contribution in [0.15, 0.2) is 48.5 Å². The highest BCUT2D eigenvalue weighted by molar-refractivity contribution is 7.91. The third-order valence-electron chi connectivity index (χ3n) is 4.61. The van der Waals surface area contributed by atoms with Gasteiger partial charge < -0.3 is 15.0 Å². The molecule has 2 aromatic rings. The maximum absolute atomic E-state index is 12.2. The van der Waals surface area contributed by atoms with E-state index in [1.54, 1.807) is 0 Å². The molecule has 7 heteroatoms. The summed E-state index contributed by atoms with van der Waals surface area (Å²) >= 11 is 0. The van der Waals surface area contributed by atoms with E-state index in [1.807, 2.05) is 49.3 Å². The van der Waals surface area contributed by atoms with Gasteiger partial charge in [0.05, 0.1) is 11.5 Å². The standard InChI is InChI=1S/C21H26N2O4S/c1-23(2)13-18-12-17(16-6-4-3-5-7-16)8-9-20(18)27-14-21(24)22-19-10-11-28(25,26)15-19/h3-9,12,19H,10-11,13-15H2,1-2H3,(H,22,24)/t19-/m1/s1. The summed E-state index contributed by atoms with van der Waals surface area (Å²) in [6.45, 7) is 0.542. The lowest BCUT2D eigenvalue weighted by Gasteiger charge is -2.17. The van der Waals surface area contributed by atoms with E-state index in [2.05, 4.69) is 23.5 Å². The number of nitrogens with zero attached hydrogens (tertiary/aromatic N) is 1. The highest BCUT2D eigenvalue weighted by atomic mass is 32.2. The van der Waals surface area contributed by atoms with Crippen molar-refractivity contribution in [3.63, 3.8) is 0 Å². The van der Waals surface area contributed by atoms with E-state index in [0.717, 1.165) is 16.7 Å². The van der Waals surface area contributed by atoms with Crippen LogP contribution in [0.2, 0.25) is 0 Å². The van der Waals surface area contributed by atoms with Crippen molar-refractivity contribution < 1.29 is 17.9 Å². The molecule has 0 spiro atoms. The molecule has 1 atom stereocenters. The van der Waals surface area contributed by atoms with Crippen LogP contribution in [0.3, 0.4) is 0 Å². The monoisotopic (exact) mass is 402 g/mol. The number of hydrogen-bond acceptors (Lipinski definition) is 5. The highest BCUT2D eigenvalue weighted by Crippen LogP contribution is 2.27. The second kappa shape index (κ2) is 8.75. The lowest BCUT2D eigenvalue weighted by molar-refractivity contribution is -0.123. The Labute approximate surface area is 166 Å². The van der Waals surface area contributed by atoms with Gasteiger partial charge in [-0.1, -0.05) is 36.4 Å². The van der Waals surface area contributed by atoms with Gasteiger partial charge >= 0.3 is 0 Å². The van der Waals surface area contributed by atoms with Gasteiger partial charge in [0.2, 0.25) is 0 Å². The molecule has 0 saturated carbocycles. The van der Waals surface area contributed by atoms with E-state index < -0.39 is 9.84 Å². The summed E-state index contributed by atoms with van der Waals surface area (Å²) in [7, 11) is 0.936. The molecule has 2 aromatic carbocycles. The molecule has 1 N–H and O–H groups in total. The zero-order chi connectivity index (χ0) is 20.1. The van der Waals surface area contributed by atoms with E-state index in [4.69, 9.17) is 4.74 Å². The summed E-state index contributed by atoms with van der Waals surface area (Å²) in [6.07, 6.45) is 0.464. The van der Waals surface area contributed by atoms with Crippen LogP contribution in [-0.4, -0.2) is 57.5 Å². The van der Waals surface area contributed by atoms with Crippen LogP contribution in [0.5, 0.6) is 5.75 Å². The number of ether oxygens (including phenoxy) is 1. The first-order chi connectivity index (χ1) is 13.3. The van der Waals surface area contributed by atoms with Crippen LogP contribution in [-0.2, 0) is 21.2 Å². The molecule has 1 heterocycles. The molecule has 0 aliphatic carbocycles. The smallest absolute Gasteiger partial charge is 0.258 e. The minimum atomic E-state index is -3.02. The molecule has 6 nitrogen and oxygen atoms in total. The topological polar surface area (TPSA) is 75.7 Å². The van der Waals surface area contributed by atoms with E-state index in [-0.39, 0.29) is 30.1 Å². The van der Waals surface area contributed by atoms with Gasteiger partial charge in [-0.15, -0.1) is 0 Å². The van der Waals surface area contributed by atoms with Crippen molar-refractivity contribution in [3.05, 3.63) is 54.1 Å². The van der Waals surface area contributed by atoms with E-state index >= 15 is 0 Å². The maximum atomic E-state index is 12.2. The summed E-state index contributed by atoms with van der Waals surface area (Å²) in [4.78, 5) is 14.2. The number of nitrogens with one attached hydrogen (secondary N) is 1. The number of sulfone groups is 1. The van der Waals surface area contributed by atoms with Crippen molar-refractivity contribution in [2.75, 3.05) is 32.2 Å². The molecule has 1 fully saturated rings. The van der Waals surface area contributed by atoms with Gasteiger partial charge in [-0.25, -0.2) is 8.42 Å². The largest absolute Gasteiger partial charge is 0.483 e. The van der Waals surface area contributed by atoms with Crippen molar-refractivity contribution in [1.29, 1.82) is 0 Å². The Kier molecular flexibility index (Phi) is 6.36. The maximum Gasteiger partial charge on any atom is 0.258 e. The van der Waals surface area contributed by atoms with Crippen LogP contribution >= 0.6 is 0 Å². The molecule has 0 bridgehead atoms. The van der Waals surface area contributed by atoms with Gasteiger partial charge in [0, 0.05) is 18.2 Å². The van der Waals surface area contributed by atoms with Crippen LogP contribution in [0.1, 0.15) is 12.0 Å². The number of hydrogen-bond donors (Lipinski definition) is 1. The van der Waals surface area contributed by atoms with Gasteiger partial charge in [0.1, 0.15) is 5.75 Å². The number of rotatable bonds is 7. The van der Waals surface area contributed by atoms with E-state index in [1.165, 1.54) is 0 Å². The van der Waals surface area contributed by atoms with Gasteiger partial charge in [0.15, 0.2) is 16.4 Å². The summed E-state index contributed by atoms with van der Waals surface area (Å²) in [5, 5.41) is 2.75. The van der Waals surface area contributed by atoms with Crippen LogP contribution in [0, 0.1) is 0 Å². The zero-order valence-electron chi connectivity index (χ0n) is 16.2. The van der Waals surface area contributed by atoms with Crippen molar-refractivity contribution >= 4 is 15.7 Å². The van der Waals surface area contributed by atoms with E-state index in [9.17, 15) is 13.2 Å². The minimum Gasteiger partial charge on any atom is -0.483 e. The average Bonchev–Trinajstić information content (AvgIpc) is 2.99. The van der Waals surface area contributed by atoms with Gasteiger partial charge in [-0.3, -0.25) is 4.79 Å². The van der Waals surface area contributed by atoms with Crippen LogP contribution < -0.4 is 10.1 Å². The van der Waals surface area contributed by atoms with Gasteiger partial charge in [0.25, 0.3) is 5.91 Å². The van der Waals surface area contributed by atoms with Crippen LogP contribution in [0.25, 0.3) is 11.1 Å². The molecular weight excluding hydrogens is 376 g/mol. The Balaban J connectivity index is 1.67. The molecule has 1 amide bonds.